The summed E-state index contributed by atoms with van der Waals surface area (Å²) >= 11 is 1.86. The molecule has 0 spiro atoms. The molecule has 1 fully saturated rings. The molecule has 0 saturated carbocycles. The molecule has 1 saturated heterocycles. The van der Waals surface area contributed by atoms with Gasteiger partial charge in [-0.1, -0.05) is 40.5 Å². The Labute approximate surface area is 134 Å². The van der Waals surface area contributed by atoms with Crippen molar-refractivity contribution >= 4 is 16.5 Å². The van der Waals surface area contributed by atoms with Crippen molar-refractivity contribution in [3.8, 4) is 0 Å². The molecule has 0 aliphatic carbocycles. The number of nitrogens with zero attached hydrogens (tertiary/aromatic N) is 2. The molecule has 1 aromatic heterocycles. The van der Waals surface area contributed by atoms with Crippen molar-refractivity contribution in [2.24, 2.45) is 11.3 Å². The van der Waals surface area contributed by atoms with Crippen LogP contribution in [-0.4, -0.2) is 24.6 Å². The summed E-state index contributed by atoms with van der Waals surface area (Å²) in [5, 5.41) is 4.72. The van der Waals surface area contributed by atoms with Gasteiger partial charge in [0, 0.05) is 30.7 Å². The molecule has 0 atom stereocenters. The third kappa shape index (κ3) is 4.43. The van der Waals surface area contributed by atoms with Crippen molar-refractivity contribution in [1.82, 2.24) is 10.3 Å². The lowest BCUT2D eigenvalue weighted by Gasteiger charge is -2.40. The Morgan fingerprint density at radius 2 is 1.95 bits per heavy atom. The normalized spacial score (nSPS) is 18.4. The van der Waals surface area contributed by atoms with Gasteiger partial charge in [-0.15, -0.1) is 11.3 Å². The molecule has 2 rings (SSSR count). The molecule has 0 radical (unpaired) electrons. The Morgan fingerprint density at radius 1 is 1.29 bits per heavy atom. The van der Waals surface area contributed by atoms with Crippen LogP contribution in [0.2, 0.25) is 0 Å². The second-order valence-electron chi connectivity index (χ2n) is 6.83. The third-order valence-corrected chi connectivity index (χ3v) is 6.05. The highest BCUT2D eigenvalue weighted by atomic mass is 32.1. The van der Waals surface area contributed by atoms with E-state index in [2.05, 4.69) is 49.1 Å². The van der Waals surface area contributed by atoms with Crippen molar-refractivity contribution in [2.45, 2.75) is 59.9 Å². The van der Waals surface area contributed by atoms with E-state index in [-0.39, 0.29) is 0 Å². The number of thiazole rings is 1. The molecule has 4 heteroatoms. The van der Waals surface area contributed by atoms with Crippen molar-refractivity contribution in [2.75, 3.05) is 24.5 Å². The Kier molecular flexibility index (Phi) is 6.06. The number of rotatable bonds is 7. The van der Waals surface area contributed by atoms with Gasteiger partial charge in [0.15, 0.2) is 5.13 Å². The smallest absolute Gasteiger partial charge is 0.185 e. The van der Waals surface area contributed by atoms with E-state index >= 15 is 0 Å². The summed E-state index contributed by atoms with van der Waals surface area (Å²) in [4.78, 5) is 8.48. The van der Waals surface area contributed by atoms with Crippen LogP contribution in [0.5, 0.6) is 0 Å². The predicted octanol–water partition coefficient (Wildman–Crippen LogP) is 4.30. The third-order valence-electron chi connectivity index (χ3n) is 4.99. The van der Waals surface area contributed by atoms with Crippen LogP contribution < -0.4 is 10.2 Å². The quantitative estimate of drug-likeness (QED) is 0.814. The molecule has 2 heterocycles. The van der Waals surface area contributed by atoms with Gasteiger partial charge in [0.1, 0.15) is 0 Å². The van der Waals surface area contributed by atoms with E-state index in [0.29, 0.717) is 11.3 Å². The summed E-state index contributed by atoms with van der Waals surface area (Å²) in [6.07, 6.45) is 7.33. The summed E-state index contributed by atoms with van der Waals surface area (Å²) in [5.74, 6) is 0.704. The molecule has 21 heavy (non-hydrogen) atoms. The minimum Gasteiger partial charge on any atom is -0.348 e. The van der Waals surface area contributed by atoms with E-state index in [0.717, 1.165) is 13.1 Å². The average Bonchev–Trinajstić information content (AvgIpc) is 2.96. The van der Waals surface area contributed by atoms with Gasteiger partial charge in [-0.2, -0.15) is 0 Å². The second-order valence-corrected chi connectivity index (χ2v) is 7.92. The van der Waals surface area contributed by atoms with Gasteiger partial charge in [0.2, 0.25) is 0 Å². The summed E-state index contributed by atoms with van der Waals surface area (Å²) < 4.78 is 0. The first-order chi connectivity index (χ1) is 10.1. The van der Waals surface area contributed by atoms with Crippen molar-refractivity contribution in [1.29, 1.82) is 0 Å². The van der Waals surface area contributed by atoms with Gasteiger partial charge < -0.3 is 10.2 Å². The Morgan fingerprint density at radius 3 is 2.52 bits per heavy atom. The van der Waals surface area contributed by atoms with Gasteiger partial charge in [0.25, 0.3) is 0 Å². The van der Waals surface area contributed by atoms with Crippen LogP contribution in [-0.2, 0) is 6.54 Å². The first kappa shape index (κ1) is 16.8. The Bertz CT molecular complexity index is 413. The van der Waals surface area contributed by atoms with Crippen LogP contribution in [0.25, 0.3) is 0 Å². The fourth-order valence-electron chi connectivity index (χ4n) is 3.14. The zero-order valence-electron chi connectivity index (χ0n) is 14.1. The first-order valence-electron chi connectivity index (χ1n) is 8.49. The van der Waals surface area contributed by atoms with Gasteiger partial charge in [-0.25, -0.2) is 4.98 Å². The number of aromatic nitrogens is 1. The van der Waals surface area contributed by atoms with Crippen LogP contribution >= 0.6 is 11.3 Å². The molecule has 1 aromatic rings. The van der Waals surface area contributed by atoms with E-state index in [9.17, 15) is 0 Å². The number of hydrogen-bond acceptors (Lipinski definition) is 4. The van der Waals surface area contributed by atoms with Crippen LogP contribution in [0.3, 0.4) is 0 Å². The predicted molar refractivity (Wildman–Crippen MR) is 93.1 cm³/mol. The van der Waals surface area contributed by atoms with Crippen LogP contribution in [0.15, 0.2) is 6.20 Å². The van der Waals surface area contributed by atoms with Gasteiger partial charge in [-0.3, -0.25) is 0 Å². The summed E-state index contributed by atoms with van der Waals surface area (Å²) in [7, 11) is 0. The lowest BCUT2D eigenvalue weighted by atomic mass is 9.74. The molecular weight excluding hydrogens is 278 g/mol. The highest BCUT2D eigenvalue weighted by molar-refractivity contribution is 7.15. The molecule has 0 amide bonds. The molecule has 0 aromatic carbocycles. The largest absolute Gasteiger partial charge is 0.348 e. The maximum atomic E-state index is 4.64. The highest BCUT2D eigenvalue weighted by Crippen LogP contribution is 2.39. The number of anilines is 1. The Hall–Kier alpha value is -0.610. The maximum Gasteiger partial charge on any atom is 0.185 e. The highest BCUT2D eigenvalue weighted by Gasteiger charge is 2.31. The number of hydrogen-bond donors (Lipinski definition) is 1. The fraction of sp³-hybridized carbons (Fsp3) is 0.824. The van der Waals surface area contributed by atoms with E-state index in [1.807, 2.05) is 11.3 Å². The molecule has 0 unspecified atom stereocenters. The van der Waals surface area contributed by atoms with Crippen LogP contribution in [0, 0.1) is 11.3 Å². The minimum atomic E-state index is 0.593. The standard InChI is InChI=1S/C17H31N3S/c1-5-17(6-2)7-9-20(10-8-17)16-19-13-15(21-16)12-18-11-14(3)4/h13-14,18H,5-12H2,1-4H3. The van der Waals surface area contributed by atoms with E-state index in [1.165, 1.54) is 48.8 Å². The van der Waals surface area contributed by atoms with Crippen molar-refractivity contribution in [3.63, 3.8) is 0 Å². The summed E-state index contributed by atoms with van der Waals surface area (Å²) in [6, 6.07) is 0. The van der Waals surface area contributed by atoms with Gasteiger partial charge >= 0.3 is 0 Å². The second kappa shape index (κ2) is 7.59. The molecule has 120 valence electrons. The molecule has 0 bridgehead atoms. The summed E-state index contributed by atoms with van der Waals surface area (Å²) in [5.41, 5.74) is 0.593. The lowest BCUT2D eigenvalue weighted by Crippen LogP contribution is -2.39. The minimum absolute atomic E-state index is 0.593. The monoisotopic (exact) mass is 309 g/mol. The average molecular weight is 310 g/mol. The molecule has 1 aliphatic rings. The zero-order valence-corrected chi connectivity index (χ0v) is 14.9. The molecule has 1 aliphatic heterocycles. The van der Waals surface area contributed by atoms with Crippen LogP contribution in [0.4, 0.5) is 5.13 Å². The molecule has 1 N–H and O–H groups in total. The molecular formula is C17H31N3S. The topological polar surface area (TPSA) is 28.2 Å². The van der Waals surface area contributed by atoms with Crippen molar-refractivity contribution < 1.29 is 0 Å². The maximum absolute atomic E-state index is 4.64. The van der Waals surface area contributed by atoms with Crippen molar-refractivity contribution in [3.05, 3.63) is 11.1 Å². The first-order valence-corrected chi connectivity index (χ1v) is 9.30. The van der Waals surface area contributed by atoms with Crippen LogP contribution in [0.1, 0.15) is 58.3 Å². The fourth-order valence-corrected chi connectivity index (χ4v) is 4.07. The van der Waals surface area contributed by atoms with E-state index in [1.54, 1.807) is 0 Å². The van der Waals surface area contributed by atoms with Gasteiger partial charge in [0.05, 0.1) is 0 Å². The van der Waals surface area contributed by atoms with Gasteiger partial charge in [-0.05, 0) is 30.7 Å². The SMILES string of the molecule is CCC1(CC)CCN(c2ncc(CNCC(C)C)s2)CC1. The Balaban J connectivity index is 1.85. The zero-order chi connectivity index (χ0) is 15.3. The number of nitrogens with one attached hydrogen (secondary N) is 1. The number of piperidine rings is 1. The van der Waals surface area contributed by atoms with E-state index < -0.39 is 0 Å². The lowest BCUT2D eigenvalue weighted by molar-refractivity contribution is 0.199. The molecule has 3 nitrogen and oxygen atoms in total. The van der Waals surface area contributed by atoms with E-state index in [4.69, 9.17) is 0 Å². The summed E-state index contributed by atoms with van der Waals surface area (Å²) in [6.45, 7) is 13.6.